The van der Waals surface area contributed by atoms with Crippen molar-refractivity contribution in [3.8, 4) is 11.1 Å². The Balaban J connectivity index is 1.40. The zero-order valence-corrected chi connectivity index (χ0v) is 14.3. The van der Waals surface area contributed by atoms with Gasteiger partial charge in [0.05, 0.1) is 19.3 Å². The number of rotatable bonds is 4. The van der Waals surface area contributed by atoms with E-state index in [1.165, 1.54) is 11.1 Å². The molecule has 3 aromatic rings. The summed E-state index contributed by atoms with van der Waals surface area (Å²) in [5, 5.41) is 16.1. The Hall–Kier alpha value is -3.12. The first-order chi connectivity index (χ1) is 12.7. The molecule has 26 heavy (non-hydrogen) atoms. The quantitative estimate of drug-likeness (QED) is 0.761. The number of aliphatic hydroxyl groups excluding tert-OH is 1. The second-order valence-electron chi connectivity index (χ2n) is 6.35. The summed E-state index contributed by atoms with van der Waals surface area (Å²) in [7, 11) is 0. The lowest BCUT2D eigenvalue weighted by molar-refractivity contribution is 0.212. The van der Waals surface area contributed by atoms with Crippen LogP contribution in [-0.2, 0) is 19.6 Å². The Kier molecular flexibility index (Phi) is 4.41. The Morgan fingerprint density at radius 1 is 1.04 bits per heavy atom. The summed E-state index contributed by atoms with van der Waals surface area (Å²) in [4.78, 5) is 14.3. The number of fused-ring (bicyclic) bond motifs is 1. The van der Waals surface area contributed by atoms with Crippen LogP contribution in [0.25, 0.3) is 11.1 Å². The molecule has 0 unspecified atom stereocenters. The highest BCUT2D eigenvalue weighted by Gasteiger charge is 2.22. The number of benzene rings is 2. The molecule has 0 saturated carbocycles. The minimum absolute atomic E-state index is 0.0620. The number of urea groups is 1. The first-order valence-corrected chi connectivity index (χ1v) is 8.59. The highest BCUT2D eigenvalue weighted by atomic mass is 16.3. The standard InChI is InChI=1S/C20H20N4O2/c25-10-9-24-14-18(11-21-24)15-5-7-19(8-6-15)22-20(26)23-12-16-3-1-2-4-17(16)13-23/h1-8,11,14,25H,9-10,12-13H2,(H,22,26). The molecule has 6 nitrogen and oxygen atoms in total. The number of aliphatic hydroxyl groups is 1. The number of nitrogens with zero attached hydrogens (tertiary/aromatic N) is 3. The Labute approximate surface area is 151 Å². The van der Waals surface area contributed by atoms with Crippen LogP contribution in [0.1, 0.15) is 11.1 Å². The molecule has 4 rings (SSSR count). The average Bonchev–Trinajstić information content (AvgIpc) is 3.29. The van der Waals surface area contributed by atoms with Gasteiger partial charge in [-0.15, -0.1) is 0 Å². The minimum atomic E-state index is -0.0929. The van der Waals surface area contributed by atoms with Crippen LogP contribution in [0.15, 0.2) is 60.9 Å². The molecular formula is C20H20N4O2. The number of carbonyl (C=O) groups excluding carboxylic acids is 1. The van der Waals surface area contributed by atoms with Crippen LogP contribution in [-0.4, -0.2) is 32.4 Å². The molecule has 0 aliphatic carbocycles. The Morgan fingerprint density at radius 2 is 1.73 bits per heavy atom. The van der Waals surface area contributed by atoms with Crippen molar-refractivity contribution in [2.75, 3.05) is 11.9 Å². The smallest absolute Gasteiger partial charge is 0.322 e. The van der Waals surface area contributed by atoms with E-state index in [4.69, 9.17) is 5.11 Å². The summed E-state index contributed by atoms with van der Waals surface area (Å²) in [5.41, 5.74) is 5.17. The number of hydrogen-bond donors (Lipinski definition) is 2. The fourth-order valence-corrected chi connectivity index (χ4v) is 3.16. The van der Waals surface area contributed by atoms with Gasteiger partial charge in [-0.05, 0) is 28.8 Å². The van der Waals surface area contributed by atoms with Crippen molar-refractivity contribution in [3.63, 3.8) is 0 Å². The molecule has 0 saturated heterocycles. The van der Waals surface area contributed by atoms with Gasteiger partial charge in [0.25, 0.3) is 0 Å². The molecule has 0 spiro atoms. The number of amides is 2. The summed E-state index contributed by atoms with van der Waals surface area (Å²) < 4.78 is 1.70. The molecular weight excluding hydrogens is 328 g/mol. The van der Waals surface area contributed by atoms with Gasteiger partial charge in [-0.3, -0.25) is 4.68 Å². The second-order valence-corrected chi connectivity index (χ2v) is 6.35. The van der Waals surface area contributed by atoms with E-state index < -0.39 is 0 Å². The van der Waals surface area contributed by atoms with Crippen LogP contribution < -0.4 is 5.32 Å². The maximum Gasteiger partial charge on any atom is 0.322 e. The van der Waals surface area contributed by atoms with E-state index in [1.54, 1.807) is 15.8 Å². The van der Waals surface area contributed by atoms with Gasteiger partial charge in [0.1, 0.15) is 0 Å². The summed E-state index contributed by atoms with van der Waals surface area (Å²) >= 11 is 0. The molecule has 0 atom stereocenters. The molecule has 1 aliphatic heterocycles. The number of carbonyl (C=O) groups is 1. The van der Waals surface area contributed by atoms with Crippen molar-refractivity contribution in [2.24, 2.45) is 0 Å². The normalized spacial score (nSPS) is 12.9. The van der Waals surface area contributed by atoms with E-state index in [2.05, 4.69) is 22.5 Å². The third-order valence-corrected chi connectivity index (χ3v) is 4.56. The lowest BCUT2D eigenvalue weighted by Crippen LogP contribution is -2.30. The molecule has 0 radical (unpaired) electrons. The predicted octanol–water partition coefficient (Wildman–Crippen LogP) is 3.09. The predicted molar refractivity (Wildman–Crippen MR) is 99.5 cm³/mol. The minimum Gasteiger partial charge on any atom is -0.394 e. The molecule has 2 amide bonds. The van der Waals surface area contributed by atoms with Gasteiger partial charge in [-0.1, -0.05) is 36.4 Å². The van der Waals surface area contributed by atoms with E-state index in [0.717, 1.165) is 16.8 Å². The molecule has 132 valence electrons. The van der Waals surface area contributed by atoms with Crippen molar-refractivity contribution >= 4 is 11.7 Å². The Bertz CT molecular complexity index is 893. The molecule has 0 bridgehead atoms. The van der Waals surface area contributed by atoms with Crippen LogP contribution in [0, 0.1) is 0 Å². The largest absolute Gasteiger partial charge is 0.394 e. The van der Waals surface area contributed by atoms with Gasteiger partial charge in [-0.25, -0.2) is 4.79 Å². The zero-order valence-electron chi connectivity index (χ0n) is 14.3. The van der Waals surface area contributed by atoms with E-state index in [1.807, 2.05) is 42.6 Å². The number of nitrogens with one attached hydrogen (secondary N) is 1. The molecule has 6 heteroatoms. The fourth-order valence-electron chi connectivity index (χ4n) is 3.16. The van der Waals surface area contributed by atoms with E-state index in [9.17, 15) is 4.79 Å². The molecule has 1 aliphatic rings. The van der Waals surface area contributed by atoms with Gasteiger partial charge in [0, 0.05) is 30.5 Å². The number of hydrogen-bond acceptors (Lipinski definition) is 3. The fraction of sp³-hybridized carbons (Fsp3) is 0.200. The first-order valence-electron chi connectivity index (χ1n) is 8.59. The lowest BCUT2D eigenvalue weighted by atomic mass is 10.1. The monoisotopic (exact) mass is 348 g/mol. The molecule has 2 aromatic carbocycles. The average molecular weight is 348 g/mol. The number of anilines is 1. The zero-order chi connectivity index (χ0) is 17.9. The van der Waals surface area contributed by atoms with Gasteiger partial charge < -0.3 is 15.3 Å². The molecule has 2 heterocycles. The van der Waals surface area contributed by atoms with Gasteiger partial charge >= 0.3 is 6.03 Å². The van der Waals surface area contributed by atoms with Crippen LogP contribution in [0.5, 0.6) is 0 Å². The van der Waals surface area contributed by atoms with Crippen molar-refractivity contribution < 1.29 is 9.90 Å². The summed E-state index contributed by atoms with van der Waals surface area (Å²) in [6.45, 7) is 1.83. The highest BCUT2D eigenvalue weighted by molar-refractivity contribution is 5.90. The first kappa shape index (κ1) is 16.4. The molecule has 1 aromatic heterocycles. The van der Waals surface area contributed by atoms with Crippen molar-refractivity contribution in [3.05, 3.63) is 72.1 Å². The van der Waals surface area contributed by atoms with Gasteiger partial charge in [0.2, 0.25) is 0 Å². The highest BCUT2D eigenvalue weighted by Crippen LogP contribution is 2.24. The Morgan fingerprint density at radius 3 is 2.38 bits per heavy atom. The van der Waals surface area contributed by atoms with Crippen LogP contribution in [0.3, 0.4) is 0 Å². The second kappa shape index (κ2) is 7.01. The molecule has 0 fully saturated rings. The van der Waals surface area contributed by atoms with Crippen LogP contribution in [0.4, 0.5) is 10.5 Å². The topological polar surface area (TPSA) is 70.4 Å². The van der Waals surface area contributed by atoms with Gasteiger partial charge in [0.15, 0.2) is 0 Å². The summed E-state index contributed by atoms with van der Waals surface area (Å²) in [6.07, 6.45) is 3.66. The van der Waals surface area contributed by atoms with E-state index in [-0.39, 0.29) is 12.6 Å². The molecule has 2 N–H and O–H groups in total. The van der Waals surface area contributed by atoms with Crippen molar-refractivity contribution in [2.45, 2.75) is 19.6 Å². The summed E-state index contributed by atoms with van der Waals surface area (Å²) in [6, 6.07) is 15.7. The number of aromatic nitrogens is 2. The van der Waals surface area contributed by atoms with E-state index in [0.29, 0.717) is 19.6 Å². The van der Waals surface area contributed by atoms with Crippen LogP contribution >= 0.6 is 0 Å². The SMILES string of the molecule is O=C(Nc1ccc(-c2cnn(CCO)c2)cc1)N1Cc2ccccc2C1. The third kappa shape index (κ3) is 3.32. The van der Waals surface area contributed by atoms with Gasteiger partial charge in [-0.2, -0.15) is 5.10 Å². The van der Waals surface area contributed by atoms with E-state index >= 15 is 0 Å². The summed E-state index contributed by atoms with van der Waals surface area (Å²) in [5.74, 6) is 0. The lowest BCUT2D eigenvalue weighted by Gasteiger charge is -2.16. The van der Waals surface area contributed by atoms with Crippen molar-refractivity contribution in [1.82, 2.24) is 14.7 Å². The maximum absolute atomic E-state index is 12.5. The van der Waals surface area contributed by atoms with Crippen molar-refractivity contribution in [1.29, 1.82) is 0 Å². The maximum atomic E-state index is 12.5. The van der Waals surface area contributed by atoms with Crippen LogP contribution in [0.2, 0.25) is 0 Å². The third-order valence-electron chi connectivity index (χ3n) is 4.56.